The Morgan fingerprint density at radius 2 is 1.26 bits per heavy atom. The van der Waals surface area contributed by atoms with E-state index in [1.165, 1.54) is 46.9 Å². The highest BCUT2D eigenvalue weighted by Crippen LogP contribution is 2.53. The molecule has 2 aliphatic carbocycles. The van der Waals surface area contributed by atoms with E-state index in [1.807, 2.05) is 0 Å². The van der Waals surface area contributed by atoms with Gasteiger partial charge in [-0.2, -0.15) is 0 Å². The Morgan fingerprint density at radius 3 is 1.83 bits per heavy atom. The number of hydrogen-bond acceptors (Lipinski definition) is 21. The van der Waals surface area contributed by atoms with Crippen LogP contribution in [-0.4, -0.2) is 180 Å². The molecule has 2 aromatic carbocycles. The monoisotopic (exact) mass is 976 g/mol. The number of phenols is 2. The first kappa shape index (κ1) is 51.4. The molecule has 9 N–H and O–H groups in total. The van der Waals surface area contributed by atoms with E-state index < -0.39 is 161 Å². The molecule has 0 spiro atoms. The van der Waals surface area contributed by atoms with Crippen molar-refractivity contribution in [3.8, 4) is 17.2 Å². The van der Waals surface area contributed by atoms with E-state index in [2.05, 4.69) is 0 Å². The van der Waals surface area contributed by atoms with Crippen molar-refractivity contribution in [1.29, 1.82) is 0 Å². The second-order valence-corrected chi connectivity index (χ2v) is 20.0. The van der Waals surface area contributed by atoms with Crippen molar-refractivity contribution in [3.05, 3.63) is 40.2 Å². The maximum absolute atomic E-state index is 15.4. The van der Waals surface area contributed by atoms with Crippen molar-refractivity contribution >= 4 is 28.1 Å². The summed E-state index contributed by atoms with van der Waals surface area (Å²) in [5.41, 5.74) is -6.69. The largest absolute Gasteiger partial charge is 0.508 e. The molecule has 2 aromatic rings. The van der Waals surface area contributed by atoms with Gasteiger partial charge in [0, 0.05) is 44.3 Å². The van der Waals surface area contributed by atoms with Crippen LogP contribution in [0, 0.1) is 12.8 Å². The van der Waals surface area contributed by atoms with Gasteiger partial charge in [-0.25, -0.2) is 0 Å². The van der Waals surface area contributed by atoms with Crippen molar-refractivity contribution in [2.24, 2.45) is 5.92 Å². The Bertz CT molecular complexity index is 2380. The molecule has 8 rings (SSSR count). The predicted molar refractivity (Wildman–Crippen MR) is 235 cm³/mol. The third kappa shape index (κ3) is 8.85. The summed E-state index contributed by atoms with van der Waals surface area (Å²) in [7, 11) is 1.19. The number of fused-ring (bicyclic) bond motifs is 3. The van der Waals surface area contributed by atoms with Crippen LogP contribution in [0.15, 0.2) is 23.5 Å². The highest BCUT2D eigenvalue weighted by Gasteiger charge is 2.65. The quantitative estimate of drug-likeness (QED) is 0.152. The Hall–Kier alpha value is -3.91. The number of ether oxygens (including phenoxy) is 9. The molecular formula is C48H64O21. The first-order valence-electron chi connectivity index (χ1n) is 23.2. The third-order valence-corrected chi connectivity index (χ3v) is 14.8. The van der Waals surface area contributed by atoms with E-state index in [0.29, 0.717) is 0 Å². The average Bonchev–Trinajstić information content (AvgIpc) is 3.25. The lowest BCUT2D eigenvalue weighted by Crippen LogP contribution is -2.65. The molecule has 0 radical (unpaired) electrons. The van der Waals surface area contributed by atoms with Crippen molar-refractivity contribution in [3.63, 3.8) is 0 Å². The molecule has 6 aliphatic rings. The molecule has 19 atom stereocenters. The summed E-state index contributed by atoms with van der Waals surface area (Å²) >= 11 is 0. The molecule has 0 amide bonds. The van der Waals surface area contributed by atoms with Crippen molar-refractivity contribution in [2.75, 3.05) is 7.11 Å². The molecule has 4 fully saturated rings. The van der Waals surface area contributed by atoms with Crippen LogP contribution in [0.1, 0.15) is 95.6 Å². The van der Waals surface area contributed by atoms with Crippen LogP contribution in [-0.2, 0) is 53.9 Å². The third-order valence-electron chi connectivity index (χ3n) is 14.8. The number of benzene rings is 2. The van der Waals surface area contributed by atoms with E-state index in [1.54, 1.807) is 20.8 Å². The summed E-state index contributed by atoms with van der Waals surface area (Å²) in [4.78, 5) is 42.6. The van der Waals surface area contributed by atoms with Crippen molar-refractivity contribution in [2.45, 2.75) is 197 Å². The smallest absolute Gasteiger partial charge is 0.207 e. The number of carbonyl (C=O) groups is 3. The Morgan fingerprint density at radius 1 is 0.739 bits per heavy atom. The summed E-state index contributed by atoms with van der Waals surface area (Å²) in [6, 6.07) is 2.98. The normalized spacial score (nSPS) is 42.8. The minimum absolute atomic E-state index is 0.0915. The maximum Gasteiger partial charge on any atom is 0.207 e. The van der Waals surface area contributed by atoms with Gasteiger partial charge < -0.3 is 88.6 Å². The van der Waals surface area contributed by atoms with E-state index in [0.717, 1.165) is 6.92 Å². The number of ketones is 3. The zero-order valence-electron chi connectivity index (χ0n) is 39.9. The molecule has 4 aliphatic heterocycles. The zero-order valence-corrected chi connectivity index (χ0v) is 39.9. The first-order valence-corrected chi connectivity index (χ1v) is 23.2. The number of Topliss-reactive ketones (excluding diaryl/α,β-unsaturated/α-hetero) is 3. The fraction of sp³-hybridized carbons (Fsp3) is 0.688. The number of methoxy groups -OCH3 is 1. The van der Waals surface area contributed by atoms with Crippen LogP contribution in [0.2, 0.25) is 0 Å². The van der Waals surface area contributed by atoms with Crippen LogP contribution < -0.4 is 4.74 Å². The number of aliphatic hydroxyl groups excluding tert-OH is 5. The predicted octanol–water partition coefficient (Wildman–Crippen LogP) is 1.30. The Labute approximate surface area is 397 Å². The number of phenolic OH excluding ortho intramolecular Hbond substituents is 2. The van der Waals surface area contributed by atoms with E-state index >= 15 is 4.79 Å². The summed E-state index contributed by atoms with van der Waals surface area (Å²) in [5, 5.41) is 101. The van der Waals surface area contributed by atoms with Gasteiger partial charge in [0.25, 0.3) is 0 Å². The van der Waals surface area contributed by atoms with Gasteiger partial charge in [-0.15, -0.1) is 0 Å². The number of carbonyl (C=O) groups excluding carboxylic acids is 3. The van der Waals surface area contributed by atoms with Gasteiger partial charge in [0.05, 0.1) is 58.8 Å². The average molecular weight is 977 g/mol. The standard InChI is InChI=1S/C48H64O21/c1-17-26(66-31-15-46(7,59)42(55)21(5)64-31)12-24-10-23-11-25-41(61-9)40(54)33(18(2)49)44(57)48(25,45(58)35(23)39(53)34(24)36(17)50)69-30-14-28(38(52)20(4)63-30)67-29-13-27(37(51)19(3)62-29)68-32-16-47(8,60)43(56)22(6)65-32/h10,12,19-22,25,27-32,37-38,41-43,50-53,55-57,59-60H,11,13-16H2,1-9H3. The topological polar surface area (TPSA) is 316 Å². The number of aromatic hydroxyl groups is 2. The lowest BCUT2D eigenvalue weighted by atomic mass is 9.62. The molecule has 382 valence electrons. The minimum atomic E-state index is -2.65. The summed E-state index contributed by atoms with van der Waals surface area (Å²) in [5.74, 6) is -6.53. The zero-order chi connectivity index (χ0) is 50.6. The summed E-state index contributed by atoms with van der Waals surface area (Å²) in [6.07, 6.45) is -17.9. The van der Waals surface area contributed by atoms with Gasteiger partial charge in [0.2, 0.25) is 12.1 Å². The number of hydrogen-bond donors (Lipinski definition) is 9. The molecule has 0 aromatic heterocycles. The van der Waals surface area contributed by atoms with Crippen molar-refractivity contribution in [1.82, 2.24) is 0 Å². The van der Waals surface area contributed by atoms with Gasteiger partial charge in [-0.05, 0) is 84.9 Å². The molecule has 19 unspecified atom stereocenters. The van der Waals surface area contributed by atoms with Crippen LogP contribution in [0.25, 0.3) is 10.8 Å². The molecule has 69 heavy (non-hydrogen) atoms. The molecule has 21 heteroatoms. The van der Waals surface area contributed by atoms with E-state index in [9.17, 15) is 55.5 Å². The van der Waals surface area contributed by atoms with Gasteiger partial charge in [0.1, 0.15) is 59.1 Å². The molecule has 4 heterocycles. The first-order chi connectivity index (χ1) is 32.2. The SMILES string of the molecule is COC1C(=O)C(C(C)=O)=C(O)C2(OC3CC(OC4CC(OC5CC(C)(O)C(O)C(C)O5)C(O)C(C)O4)C(O)C(C)O3)C(=O)c3c(cc4cc(OC5CC(C)(O)C(O)C(C)O5)c(C)c(O)c4c3O)CC12. The van der Waals surface area contributed by atoms with Crippen LogP contribution >= 0.6 is 0 Å². The molecule has 0 bridgehead atoms. The molecular weight excluding hydrogens is 913 g/mol. The van der Waals surface area contributed by atoms with E-state index in [4.69, 9.17) is 42.6 Å². The lowest BCUT2D eigenvalue weighted by molar-refractivity contribution is -0.337. The molecule has 4 saturated heterocycles. The van der Waals surface area contributed by atoms with Gasteiger partial charge in [0.15, 0.2) is 36.0 Å². The Kier molecular flexibility index (Phi) is 13.9. The summed E-state index contributed by atoms with van der Waals surface area (Å²) in [6.45, 7) is 11.6. The second kappa shape index (κ2) is 18.6. The fourth-order valence-corrected chi connectivity index (χ4v) is 11.0. The lowest BCUT2D eigenvalue weighted by Gasteiger charge is -2.50. The van der Waals surface area contributed by atoms with Gasteiger partial charge >= 0.3 is 0 Å². The number of rotatable bonds is 10. The Balaban J connectivity index is 1.12. The molecule has 21 nitrogen and oxygen atoms in total. The van der Waals surface area contributed by atoms with Crippen LogP contribution in [0.3, 0.4) is 0 Å². The molecule has 0 saturated carbocycles. The van der Waals surface area contributed by atoms with Crippen molar-refractivity contribution < 1.29 is 103 Å². The van der Waals surface area contributed by atoms with Crippen LogP contribution in [0.5, 0.6) is 17.2 Å². The second-order valence-electron chi connectivity index (χ2n) is 20.0. The fourth-order valence-electron chi connectivity index (χ4n) is 11.0. The maximum atomic E-state index is 15.4. The van der Waals surface area contributed by atoms with Gasteiger partial charge in [-0.3, -0.25) is 14.4 Å². The summed E-state index contributed by atoms with van der Waals surface area (Å²) < 4.78 is 54.5. The highest BCUT2D eigenvalue weighted by atomic mass is 16.7. The van der Waals surface area contributed by atoms with E-state index in [-0.39, 0.29) is 59.8 Å². The highest BCUT2D eigenvalue weighted by molar-refractivity contribution is 6.25. The van der Waals surface area contributed by atoms with Crippen LogP contribution in [0.4, 0.5) is 0 Å². The van der Waals surface area contributed by atoms with Gasteiger partial charge in [-0.1, -0.05) is 0 Å². The minimum Gasteiger partial charge on any atom is -0.508 e. The number of aliphatic hydroxyl groups is 7.